The van der Waals surface area contributed by atoms with Gasteiger partial charge in [-0.1, -0.05) is 54.6 Å². The van der Waals surface area contributed by atoms with Crippen molar-refractivity contribution in [2.75, 3.05) is 28.4 Å². The van der Waals surface area contributed by atoms with E-state index in [2.05, 4.69) is 0 Å². The Hall–Kier alpha value is -3.84. The second-order valence-corrected chi connectivity index (χ2v) is 8.89. The highest BCUT2D eigenvalue weighted by Gasteiger charge is 2.27. The zero-order valence-corrected chi connectivity index (χ0v) is 20.6. The Kier molecular flexibility index (Phi) is 7.36. The molecule has 0 saturated carbocycles. The number of ether oxygens (including phenoxy) is 4. The number of hydrogen-bond acceptors (Lipinski definition) is 5. The molecule has 0 heterocycles. The lowest BCUT2D eigenvalue weighted by Crippen LogP contribution is -2.05. The molecular weight excluding hydrogens is 467 g/mol. The van der Waals surface area contributed by atoms with Crippen molar-refractivity contribution in [3.8, 4) is 23.0 Å². The van der Waals surface area contributed by atoms with Crippen LogP contribution in [0.4, 0.5) is 4.39 Å². The average molecular weight is 493 g/mol. The second-order valence-electron chi connectivity index (χ2n) is 7.54. The van der Waals surface area contributed by atoms with Gasteiger partial charge >= 0.3 is 0 Å². The normalized spacial score (nSPS) is 12.0. The van der Waals surface area contributed by atoms with Gasteiger partial charge in [-0.2, -0.15) is 0 Å². The Labute approximate surface area is 206 Å². The molecule has 0 radical (unpaired) electrons. The number of benzene rings is 4. The predicted octanol–water partition coefficient (Wildman–Crippen LogP) is 6.35. The van der Waals surface area contributed by atoms with Crippen molar-refractivity contribution >= 4 is 33.7 Å². The van der Waals surface area contributed by atoms with E-state index in [4.69, 9.17) is 18.9 Å². The van der Waals surface area contributed by atoms with Crippen molar-refractivity contribution in [1.82, 2.24) is 0 Å². The van der Waals surface area contributed by atoms with Crippen LogP contribution in [0.2, 0.25) is 0 Å². The van der Waals surface area contributed by atoms with Crippen LogP contribution in [0.15, 0.2) is 76.5 Å². The SMILES string of the molecule is COc1cc(/C=C/c2ccc(F)cc2)c([S@@](=O)c2c(OC)ccc3ccccc23)c(OC)c1OC. The smallest absolute Gasteiger partial charge is 0.204 e. The summed E-state index contributed by atoms with van der Waals surface area (Å²) in [5.41, 5.74) is 1.37. The lowest BCUT2D eigenvalue weighted by molar-refractivity contribution is 0.319. The van der Waals surface area contributed by atoms with E-state index in [0.717, 1.165) is 16.3 Å². The van der Waals surface area contributed by atoms with E-state index in [9.17, 15) is 8.60 Å². The van der Waals surface area contributed by atoms with Crippen molar-refractivity contribution in [1.29, 1.82) is 0 Å². The maximum absolute atomic E-state index is 14.3. The Bertz CT molecular complexity index is 1410. The number of halogens is 1. The van der Waals surface area contributed by atoms with Gasteiger partial charge < -0.3 is 18.9 Å². The Morgan fingerprint density at radius 2 is 1.40 bits per heavy atom. The maximum atomic E-state index is 14.3. The summed E-state index contributed by atoms with van der Waals surface area (Å²) in [5.74, 6) is 1.22. The summed E-state index contributed by atoms with van der Waals surface area (Å²) in [6.07, 6.45) is 3.60. The standard InChI is InChI=1S/C28H25FO5S/c1-31-23-16-13-19-7-5-6-8-22(19)28(23)35(30)27-20(12-9-18-10-14-21(29)15-11-18)17-24(32-2)25(33-3)26(27)34-4/h5-17H,1-4H3/b12-9+/t35-/m1/s1. The van der Waals surface area contributed by atoms with Crippen LogP contribution in [0.5, 0.6) is 23.0 Å². The molecule has 1 atom stereocenters. The molecule has 35 heavy (non-hydrogen) atoms. The summed E-state index contributed by atoms with van der Waals surface area (Å²) in [7, 11) is 4.33. The zero-order valence-electron chi connectivity index (χ0n) is 19.8. The quantitative estimate of drug-likeness (QED) is 0.268. The number of hydrogen-bond donors (Lipinski definition) is 0. The average Bonchev–Trinajstić information content (AvgIpc) is 2.90. The Morgan fingerprint density at radius 1 is 0.714 bits per heavy atom. The molecule has 4 rings (SSSR count). The minimum Gasteiger partial charge on any atom is -0.495 e. The van der Waals surface area contributed by atoms with Crippen LogP contribution in [-0.2, 0) is 10.8 Å². The Balaban J connectivity index is 1.99. The highest BCUT2D eigenvalue weighted by atomic mass is 32.2. The molecule has 180 valence electrons. The molecule has 0 aromatic heterocycles. The van der Waals surface area contributed by atoms with Crippen LogP contribution in [0.3, 0.4) is 0 Å². The van der Waals surface area contributed by atoms with Gasteiger partial charge in [0.2, 0.25) is 5.75 Å². The fraction of sp³-hybridized carbons (Fsp3) is 0.143. The van der Waals surface area contributed by atoms with Crippen LogP contribution in [-0.4, -0.2) is 32.6 Å². The summed E-state index contributed by atoms with van der Waals surface area (Å²) in [4.78, 5) is 0.922. The number of fused-ring (bicyclic) bond motifs is 1. The summed E-state index contributed by atoms with van der Waals surface area (Å²) in [6, 6.07) is 19.2. The molecule has 7 heteroatoms. The van der Waals surface area contributed by atoms with Crippen molar-refractivity contribution in [2.45, 2.75) is 9.79 Å². The van der Waals surface area contributed by atoms with Crippen molar-refractivity contribution in [2.24, 2.45) is 0 Å². The van der Waals surface area contributed by atoms with Gasteiger partial charge in [0.15, 0.2) is 11.5 Å². The topological polar surface area (TPSA) is 54.0 Å². The monoisotopic (exact) mass is 492 g/mol. The van der Waals surface area contributed by atoms with Crippen molar-refractivity contribution < 1.29 is 27.5 Å². The third-order valence-corrected chi connectivity index (χ3v) is 7.16. The van der Waals surface area contributed by atoms with Crippen LogP contribution >= 0.6 is 0 Å². The van der Waals surface area contributed by atoms with E-state index in [1.54, 1.807) is 43.5 Å². The molecule has 4 aromatic rings. The molecule has 0 unspecified atom stereocenters. The Morgan fingerprint density at radius 3 is 2.06 bits per heavy atom. The molecule has 0 spiro atoms. The highest BCUT2D eigenvalue weighted by molar-refractivity contribution is 7.85. The van der Waals surface area contributed by atoms with Gasteiger partial charge in [-0.3, -0.25) is 0 Å². The number of rotatable bonds is 8. The third kappa shape index (κ3) is 4.72. The first-order valence-corrected chi connectivity index (χ1v) is 11.9. The van der Waals surface area contributed by atoms with Gasteiger partial charge in [-0.05, 0) is 40.8 Å². The molecule has 0 N–H and O–H groups in total. The molecule has 0 aliphatic rings. The first-order valence-electron chi connectivity index (χ1n) is 10.8. The van der Waals surface area contributed by atoms with Gasteiger partial charge in [-0.15, -0.1) is 0 Å². The van der Waals surface area contributed by atoms with E-state index in [1.807, 2.05) is 30.3 Å². The van der Waals surface area contributed by atoms with Gasteiger partial charge in [-0.25, -0.2) is 8.60 Å². The van der Waals surface area contributed by atoms with Crippen LogP contribution in [0, 0.1) is 5.82 Å². The molecule has 0 saturated heterocycles. The molecule has 0 aliphatic heterocycles. The van der Waals surface area contributed by atoms with E-state index >= 15 is 0 Å². The zero-order chi connectivity index (χ0) is 24.9. The van der Waals surface area contributed by atoms with E-state index in [-0.39, 0.29) is 5.82 Å². The third-order valence-electron chi connectivity index (χ3n) is 5.57. The van der Waals surface area contributed by atoms with Crippen molar-refractivity contribution in [3.05, 3.63) is 83.7 Å². The predicted molar refractivity (Wildman–Crippen MR) is 137 cm³/mol. The molecule has 0 bridgehead atoms. The minimum absolute atomic E-state index is 0.291. The lowest BCUT2D eigenvalue weighted by Gasteiger charge is -2.19. The maximum Gasteiger partial charge on any atom is 0.204 e. The summed E-state index contributed by atoms with van der Waals surface area (Å²) < 4.78 is 50.1. The van der Waals surface area contributed by atoms with Gasteiger partial charge in [0.25, 0.3) is 0 Å². The van der Waals surface area contributed by atoms with E-state index < -0.39 is 10.8 Å². The summed E-state index contributed by atoms with van der Waals surface area (Å²) in [5, 5.41) is 1.73. The van der Waals surface area contributed by atoms with Gasteiger partial charge in [0.1, 0.15) is 11.6 Å². The molecule has 4 aromatic carbocycles. The molecule has 0 aliphatic carbocycles. The fourth-order valence-corrected chi connectivity index (χ4v) is 5.51. The number of methoxy groups -OCH3 is 4. The molecule has 0 fully saturated rings. The largest absolute Gasteiger partial charge is 0.495 e. The van der Waals surface area contributed by atoms with Crippen LogP contribution in [0.1, 0.15) is 11.1 Å². The minimum atomic E-state index is -1.74. The summed E-state index contributed by atoms with van der Waals surface area (Å²) >= 11 is 0. The fourth-order valence-electron chi connectivity index (χ4n) is 3.90. The highest BCUT2D eigenvalue weighted by Crippen LogP contribution is 2.47. The molecule has 0 amide bonds. The first kappa shape index (κ1) is 24.3. The first-order chi connectivity index (χ1) is 17.0. The van der Waals surface area contributed by atoms with Crippen LogP contribution in [0.25, 0.3) is 22.9 Å². The van der Waals surface area contributed by atoms with Crippen LogP contribution < -0.4 is 18.9 Å². The van der Waals surface area contributed by atoms with E-state index in [1.165, 1.54) is 33.5 Å². The summed E-state index contributed by atoms with van der Waals surface area (Å²) in [6.45, 7) is 0. The van der Waals surface area contributed by atoms with Gasteiger partial charge in [0.05, 0.1) is 49.0 Å². The lowest BCUT2D eigenvalue weighted by atomic mass is 10.1. The van der Waals surface area contributed by atoms with Crippen molar-refractivity contribution in [3.63, 3.8) is 0 Å². The second kappa shape index (κ2) is 10.6. The molecule has 5 nitrogen and oxygen atoms in total. The van der Waals surface area contributed by atoms with E-state index in [0.29, 0.717) is 38.4 Å². The van der Waals surface area contributed by atoms with Gasteiger partial charge in [0, 0.05) is 5.39 Å². The molecular formula is C28H25FO5S.